The van der Waals surface area contributed by atoms with E-state index < -0.39 is 0 Å². The summed E-state index contributed by atoms with van der Waals surface area (Å²) in [5, 5.41) is 6.94. The maximum atomic E-state index is 3.53. The van der Waals surface area contributed by atoms with Gasteiger partial charge in [-0.25, -0.2) is 0 Å². The Kier molecular flexibility index (Phi) is 4.90. The van der Waals surface area contributed by atoms with Crippen molar-refractivity contribution < 1.29 is 0 Å². The van der Waals surface area contributed by atoms with Crippen molar-refractivity contribution in [3.8, 4) is 0 Å². The summed E-state index contributed by atoms with van der Waals surface area (Å²) in [6.07, 6.45) is 7.16. The van der Waals surface area contributed by atoms with Gasteiger partial charge in [-0.05, 0) is 63.4 Å². The number of H-pyrrole nitrogens is 1. The molecule has 0 saturated carbocycles. The first kappa shape index (κ1) is 11.7. The van der Waals surface area contributed by atoms with Crippen LogP contribution in [-0.4, -0.2) is 31.2 Å². The van der Waals surface area contributed by atoms with E-state index in [4.69, 9.17) is 0 Å². The van der Waals surface area contributed by atoms with Crippen molar-refractivity contribution in [1.82, 2.24) is 15.6 Å². The second kappa shape index (κ2) is 6.71. The van der Waals surface area contributed by atoms with Gasteiger partial charge in [0.05, 0.1) is 0 Å². The average Bonchev–Trinajstić information content (AvgIpc) is 2.83. The van der Waals surface area contributed by atoms with Crippen molar-refractivity contribution in [3.05, 3.63) is 24.0 Å². The molecular formula is C13H23N3. The Morgan fingerprint density at radius 1 is 1.25 bits per heavy atom. The molecule has 2 heterocycles. The molecule has 1 fully saturated rings. The van der Waals surface area contributed by atoms with Gasteiger partial charge in [0.15, 0.2) is 0 Å². The van der Waals surface area contributed by atoms with Gasteiger partial charge in [-0.1, -0.05) is 0 Å². The summed E-state index contributed by atoms with van der Waals surface area (Å²) in [6, 6.07) is 4.21. The highest BCUT2D eigenvalue weighted by molar-refractivity contribution is 5.03. The molecule has 3 N–H and O–H groups in total. The molecule has 90 valence electrons. The van der Waals surface area contributed by atoms with E-state index in [2.05, 4.69) is 27.8 Å². The number of aromatic amines is 1. The Morgan fingerprint density at radius 2 is 2.12 bits per heavy atom. The third-order valence-electron chi connectivity index (χ3n) is 3.42. The zero-order chi connectivity index (χ0) is 11.1. The van der Waals surface area contributed by atoms with Crippen LogP contribution in [0.4, 0.5) is 0 Å². The van der Waals surface area contributed by atoms with Gasteiger partial charge < -0.3 is 15.6 Å². The number of aromatic nitrogens is 1. The minimum absolute atomic E-state index is 0.944. The number of nitrogens with one attached hydrogen (secondary N) is 3. The summed E-state index contributed by atoms with van der Waals surface area (Å²) in [6.45, 7) is 4.69. The van der Waals surface area contributed by atoms with Gasteiger partial charge in [0.1, 0.15) is 0 Å². The monoisotopic (exact) mass is 221 g/mol. The first-order valence-corrected chi connectivity index (χ1v) is 6.49. The van der Waals surface area contributed by atoms with Gasteiger partial charge in [-0.15, -0.1) is 0 Å². The van der Waals surface area contributed by atoms with Crippen LogP contribution >= 0.6 is 0 Å². The van der Waals surface area contributed by atoms with E-state index in [-0.39, 0.29) is 0 Å². The maximum absolute atomic E-state index is 3.53. The number of hydrogen-bond donors (Lipinski definition) is 3. The molecular weight excluding hydrogens is 198 g/mol. The molecule has 1 aromatic rings. The Hall–Kier alpha value is -0.800. The van der Waals surface area contributed by atoms with E-state index in [0.717, 1.165) is 18.9 Å². The highest BCUT2D eigenvalue weighted by atomic mass is 14.9. The fourth-order valence-electron chi connectivity index (χ4n) is 2.35. The van der Waals surface area contributed by atoms with Crippen molar-refractivity contribution in [2.24, 2.45) is 5.92 Å². The zero-order valence-electron chi connectivity index (χ0n) is 9.97. The fourth-order valence-corrected chi connectivity index (χ4v) is 2.35. The molecule has 1 aliphatic heterocycles. The minimum atomic E-state index is 0.944. The molecule has 3 heteroatoms. The van der Waals surface area contributed by atoms with Crippen LogP contribution in [0.25, 0.3) is 0 Å². The number of rotatable bonds is 6. The third kappa shape index (κ3) is 3.99. The largest absolute Gasteiger partial charge is 0.365 e. The molecule has 1 aliphatic rings. The van der Waals surface area contributed by atoms with Crippen molar-refractivity contribution >= 4 is 0 Å². The van der Waals surface area contributed by atoms with Crippen molar-refractivity contribution in [2.75, 3.05) is 26.2 Å². The highest BCUT2D eigenvalue weighted by Crippen LogP contribution is 2.14. The molecule has 0 unspecified atom stereocenters. The van der Waals surface area contributed by atoms with Crippen molar-refractivity contribution in [1.29, 1.82) is 0 Å². The van der Waals surface area contributed by atoms with Crippen LogP contribution in [-0.2, 0) is 6.42 Å². The van der Waals surface area contributed by atoms with Crippen LogP contribution in [0.2, 0.25) is 0 Å². The lowest BCUT2D eigenvalue weighted by molar-refractivity contribution is 0.349. The molecule has 0 aliphatic carbocycles. The Balaban J connectivity index is 1.48. The van der Waals surface area contributed by atoms with Crippen LogP contribution in [0.5, 0.6) is 0 Å². The van der Waals surface area contributed by atoms with Crippen molar-refractivity contribution in [2.45, 2.75) is 25.7 Å². The molecule has 0 bridgehead atoms. The predicted octanol–water partition coefficient (Wildman–Crippen LogP) is 1.54. The molecule has 0 radical (unpaired) electrons. The van der Waals surface area contributed by atoms with E-state index in [1.165, 1.54) is 44.6 Å². The summed E-state index contributed by atoms with van der Waals surface area (Å²) in [5.41, 5.74) is 1.33. The normalized spacial score (nSPS) is 17.8. The lowest BCUT2D eigenvalue weighted by atomic mass is 9.95. The number of piperidine rings is 1. The maximum Gasteiger partial charge on any atom is 0.0159 e. The van der Waals surface area contributed by atoms with Gasteiger partial charge in [-0.3, -0.25) is 0 Å². The second-order valence-corrected chi connectivity index (χ2v) is 4.68. The van der Waals surface area contributed by atoms with E-state index in [0.29, 0.717) is 0 Å². The Bertz CT molecular complexity index is 263. The molecule has 0 spiro atoms. The lowest BCUT2D eigenvalue weighted by Crippen LogP contribution is -2.30. The zero-order valence-corrected chi connectivity index (χ0v) is 9.97. The van der Waals surface area contributed by atoms with Gasteiger partial charge in [0.2, 0.25) is 0 Å². The van der Waals surface area contributed by atoms with Gasteiger partial charge in [-0.2, -0.15) is 0 Å². The molecule has 1 saturated heterocycles. The van der Waals surface area contributed by atoms with Gasteiger partial charge >= 0.3 is 0 Å². The lowest BCUT2D eigenvalue weighted by Gasteiger charge is -2.22. The standard InChI is InChI=1S/C13H23N3/c1-2-13(16-7-1)6-11-15-10-5-12-3-8-14-9-4-12/h1-2,7,12,14-16H,3-6,8-11H2. The summed E-state index contributed by atoms with van der Waals surface area (Å²) < 4.78 is 0. The smallest absolute Gasteiger partial charge is 0.0159 e. The molecule has 2 rings (SSSR count). The van der Waals surface area contributed by atoms with Gasteiger partial charge in [0, 0.05) is 18.4 Å². The van der Waals surface area contributed by atoms with E-state index >= 15 is 0 Å². The molecule has 0 amide bonds. The third-order valence-corrected chi connectivity index (χ3v) is 3.42. The highest BCUT2D eigenvalue weighted by Gasteiger charge is 2.11. The summed E-state index contributed by atoms with van der Waals surface area (Å²) in [4.78, 5) is 3.23. The summed E-state index contributed by atoms with van der Waals surface area (Å²) >= 11 is 0. The predicted molar refractivity (Wildman–Crippen MR) is 67.6 cm³/mol. The summed E-state index contributed by atoms with van der Waals surface area (Å²) in [7, 11) is 0. The Labute approximate surface area is 98.0 Å². The first-order chi connectivity index (χ1) is 7.95. The van der Waals surface area contributed by atoms with Crippen LogP contribution in [0.15, 0.2) is 18.3 Å². The molecule has 0 aromatic carbocycles. The minimum Gasteiger partial charge on any atom is -0.365 e. The topological polar surface area (TPSA) is 39.9 Å². The SMILES string of the molecule is c1c[nH]c(CCNCCC2CCNCC2)c1. The van der Waals surface area contributed by atoms with Crippen LogP contribution in [0.1, 0.15) is 25.0 Å². The second-order valence-electron chi connectivity index (χ2n) is 4.68. The van der Waals surface area contributed by atoms with Gasteiger partial charge in [0.25, 0.3) is 0 Å². The molecule has 0 atom stereocenters. The quantitative estimate of drug-likeness (QED) is 0.638. The fraction of sp³-hybridized carbons (Fsp3) is 0.692. The van der Waals surface area contributed by atoms with Crippen molar-refractivity contribution in [3.63, 3.8) is 0 Å². The average molecular weight is 221 g/mol. The Morgan fingerprint density at radius 3 is 2.88 bits per heavy atom. The molecule has 3 nitrogen and oxygen atoms in total. The molecule has 1 aromatic heterocycles. The first-order valence-electron chi connectivity index (χ1n) is 6.49. The van der Waals surface area contributed by atoms with E-state index in [1.807, 2.05) is 6.20 Å². The molecule has 16 heavy (non-hydrogen) atoms. The number of hydrogen-bond acceptors (Lipinski definition) is 2. The summed E-state index contributed by atoms with van der Waals surface area (Å²) in [5.74, 6) is 0.944. The van der Waals surface area contributed by atoms with Crippen LogP contribution in [0.3, 0.4) is 0 Å². The van der Waals surface area contributed by atoms with E-state index in [9.17, 15) is 0 Å². The van der Waals surface area contributed by atoms with E-state index in [1.54, 1.807) is 0 Å². The van der Waals surface area contributed by atoms with Crippen LogP contribution < -0.4 is 10.6 Å². The van der Waals surface area contributed by atoms with Crippen LogP contribution in [0, 0.1) is 5.92 Å².